The minimum absolute atomic E-state index is 0.0363. The smallest absolute Gasteiger partial charge is 0.217 e. The Balaban J connectivity index is 1.81. The summed E-state index contributed by atoms with van der Waals surface area (Å²) in [5.74, 6) is -0.0426. The lowest BCUT2D eigenvalue weighted by Crippen LogP contribution is -2.47. The van der Waals surface area contributed by atoms with Gasteiger partial charge in [0.25, 0.3) is 0 Å². The molecule has 4 rings (SSSR count). The van der Waals surface area contributed by atoms with Gasteiger partial charge in [0.2, 0.25) is 5.79 Å². The third-order valence-electron chi connectivity index (χ3n) is 4.46. The molecule has 3 nitrogen and oxygen atoms in total. The van der Waals surface area contributed by atoms with Gasteiger partial charge in [0.15, 0.2) is 0 Å². The van der Waals surface area contributed by atoms with Crippen molar-refractivity contribution in [3.05, 3.63) is 70.8 Å². The van der Waals surface area contributed by atoms with Crippen LogP contribution in [-0.4, -0.2) is 26.1 Å². The fourth-order valence-corrected chi connectivity index (χ4v) is 3.81. The summed E-state index contributed by atoms with van der Waals surface area (Å²) in [5, 5.41) is 0.655. The van der Waals surface area contributed by atoms with Crippen LogP contribution in [-0.2, 0) is 9.47 Å². The van der Waals surface area contributed by atoms with Gasteiger partial charge in [0.1, 0.15) is 5.75 Å². The van der Waals surface area contributed by atoms with Crippen molar-refractivity contribution in [2.24, 2.45) is 0 Å². The highest BCUT2D eigenvalue weighted by atomic mass is 35.5. The van der Waals surface area contributed by atoms with E-state index in [1.54, 1.807) is 7.11 Å². The first kappa shape index (κ1) is 14.8. The standard InChI is InChI=1S/C19H17ClO3/c1-21-15-9-7-14(8-10-15)17-16(13-5-3-2-4-6-13)18(20)19(17)22-11-12-23-19/h2-10,17H,11-12H2,1H3. The lowest BCUT2D eigenvalue weighted by molar-refractivity contribution is -0.139. The van der Waals surface area contributed by atoms with Crippen LogP contribution in [0.3, 0.4) is 0 Å². The molecule has 2 aliphatic rings. The Bertz CT molecular complexity index is 731. The maximum atomic E-state index is 6.62. The van der Waals surface area contributed by atoms with Crippen LogP contribution in [0.15, 0.2) is 59.6 Å². The summed E-state index contributed by atoms with van der Waals surface area (Å²) in [6, 6.07) is 18.1. The molecular weight excluding hydrogens is 312 g/mol. The molecule has 1 atom stereocenters. The molecule has 2 aromatic carbocycles. The average Bonchev–Trinajstić information content (AvgIpc) is 3.12. The van der Waals surface area contributed by atoms with E-state index in [9.17, 15) is 0 Å². The summed E-state index contributed by atoms with van der Waals surface area (Å²) < 4.78 is 17.1. The molecular formula is C19H17ClO3. The van der Waals surface area contributed by atoms with Crippen molar-refractivity contribution in [2.75, 3.05) is 20.3 Å². The minimum atomic E-state index is -0.832. The van der Waals surface area contributed by atoms with Crippen LogP contribution in [0.1, 0.15) is 17.0 Å². The number of hydrogen-bond donors (Lipinski definition) is 0. The van der Waals surface area contributed by atoms with Crippen LogP contribution >= 0.6 is 11.6 Å². The summed E-state index contributed by atoms with van der Waals surface area (Å²) >= 11 is 6.62. The van der Waals surface area contributed by atoms with Gasteiger partial charge in [-0.1, -0.05) is 54.1 Å². The predicted molar refractivity (Wildman–Crippen MR) is 89.6 cm³/mol. The third kappa shape index (κ3) is 2.19. The monoisotopic (exact) mass is 328 g/mol. The molecule has 0 amide bonds. The first-order valence-electron chi connectivity index (χ1n) is 7.64. The quantitative estimate of drug-likeness (QED) is 0.845. The zero-order valence-electron chi connectivity index (χ0n) is 12.8. The molecule has 23 heavy (non-hydrogen) atoms. The van der Waals surface area contributed by atoms with E-state index in [0.717, 1.165) is 22.4 Å². The number of hydrogen-bond acceptors (Lipinski definition) is 3. The number of rotatable bonds is 3. The number of ether oxygens (including phenoxy) is 3. The molecule has 1 heterocycles. The molecule has 1 fully saturated rings. The fraction of sp³-hybridized carbons (Fsp3) is 0.263. The number of methoxy groups -OCH3 is 1. The Morgan fingerprint density at radius 3 is 2.26 bits per heavy atom. The molecule has 0 radical (unpaired) electrons. The normalized spacial score (nSPS) is 22.3. The van der Waals surface area contributed by atoms with E-state index in [-0.39, 0.29) is 5.92 Å². The van der Waals surface area contributed by atoms with E-state index >= 15 is 0 Å². The van der Waals surface area contributed by atoms with E-state index < -0.39 is 5.79 Å². The molecule has 4 heteroatoms. The van der Waals surface area contributed by atoms with Gasteiger partial charge in [-0.05, 0) is 28.8 Å². The molecule has 0 bridgehead atoms. The number of benzene rings is 2. The summed E-state index contributed by atoms with van der Waals surface area (Å²) in [7, 11) is 1.66. The largest absolute Gasteiger partial charge is 0.497 e. The summed E-state index contributed by atoms with van der Waals surface area (Å²) in [4.78, 5) is 0. The Hall–Kier alpha value is -1.81. The van der Waals surface area contributed by atoms with Crippen LogP contribution in [0.25, 0.3) is 5.57 Å². The first-order chi connectivity index (χ1) is 11.3. The molecule has 1 aliphatic heterocycles. The van der Waals surface area contributed by atoms with Crippen molar-refractivity contribution >= 4 is 17.2 Å². The second-order valence-electron chi connectivity index (χ2n) is 5.66. The fourth-order valence-electron chi connectivity index (χ4n) is 3.37. The molecule has 0 N–H and O–H groups in total. The first-order valence-corrected chi connectivity index (χ1v) is 8.01. The Kier molecular flexibility index (Phi) is 3.64. The van der Waals surface area contributed by atoms with Gasteiger partial charge in [0, 0.05) is 0 Å². The highest BCUT2D eigenvalue weighted by molar-refractivity contribution is 6.36. The Morgan fingerprint density at radius 2 is 1.65 bits per heavy atom. The van der Waals surface area contributed by atoms with Crippen LogP contribution < -0.4 is 4.74 Å². The maximum Gasteiger partial charge on any atom is 0.217 e. The lowest BCUT2D eigenvalue weighted by atomic mass is 9.71. The van der Waals surface area contributed by atoms with E-state index in [1.165, 1.54) is 0 Å². The van der Waals surface area contributed by atoms with E-state index in [0.29, 0.717) is 18.2 Å². The van der Waals surface area contributed by atoms with Crippen molar-refractivity contribution < 1.29 is 14.2 Å². The SMILES string of the molecule is COc1ccc(C2C(c3ccccc3)=C(Cl)C23OCCO3)cc1. The molecule has 0 saturated carbocycles. The molecule has 2 aromatic rings. The van der Waals surface area contributed by atoms with Crippen LogP contribution in [0.4, 0.5) is 0 Å². The average molecular weight is 329 g/mol. The van der Waals surface area contributed by atoms with Gasteiger partial charge >= 0.3 is 0 Å². The molecule has 1 saturated heterocycles. The van der Waals surface area contributed by atoms with Gasteiger partial charge in [-0.2, -0.15) is 0 Å². The van der Waals surface area contributed by atoms with Gasteiger partial charge in [0.05, 0.1) is 31.3 Å². The van der Waals surface area contributed by atoms with Crippen molar-refractivity contribution in [1.29, 1.82) is 0 Å². The molecule has 0 aromatic heterocycles. The zero-order chi connectivity index (χ0) is 15.9. The second kappa shape index (κ2) is 5.68. The van der Waals surface area contributed by atoms with Crippen molar-refractivity contribution in [2.45, 2.75) is 11.7 Å². The Morgan fingerprint density at radius 1 is 1.00 bits per heavy atom. The van der Waals surface area contributed by atoms with Gasteiger partial charge in [-0.25, -0.2) is 0 Å². The predicted octanol–water partition coefficient (Wildman–Crippen LogP) is 4.19. The van der Waals surface area contributed by atoms with Crippen LogP contribution in [0, 0.1) is 0 Å². The Labute approximate surface area is 140 Å². The van der Waals surface area contributed by atoms with Crippen LogP contribution in [0.2, 0.25) is 0 Å². The zero-order valence-corrected chi connectivity index (χ0v) is 13.5. The lowest BCUT2D eigenvalue weighted by Gasteiger charge is -2.46. The molecule has 1 spiro atoms. The number of halogens is 1. The van der Waals surface area contributed by atoms with Crippen molar-refractivity contribution in [3.63, 3.8) is 0 Å². The molecule has 1 aliphatic carbocycles. The van der Waals surface area contributed by atoms with Crippen LogP contribution in [0.5, 0.6) is 5.75 Å². The van der Waals surface area contributed by atoms with E-state index in [1.807, 2.05) is 42.5 Å². The van der Waals surface area contributed by atoms with E-state index in [4.69, 9.17) is 25.8 Å². The minimum Gasteiger partial charge on any atom is -0.497 e. The molecule has 1 unspecified atom stereocenters. The van der Waals surface area contributed by atoms with Crippen molar-refractivity contribution in [3.8, 4) is 5.75 Å². The highest BCUT2D eigenvalue weighted by Gasteiger charge is 2.59. The van der Waals surface area contributed by atoms with Gasteiger partial charge < -0.3 is 14.2 Å². The topological polar surface area (TPSA) is 27.7 Å². The highest BCUT2D eigenvalue weighted by Crippen LogP contribution is 2.60. The summed E-state index contributed by atoms with van der Waals surface area (Å²) in [6.45, 7) is 1.12. The van der Waals surface area contributed by atoms with Gasteiger partial charge in [-0.3, -0.25) is 0 Å². The summed E-state index contributed by atoms with van der Waals surface area (Å²) in [5.41, 5.74) is 3.28. The molecule has 118 valence electrons. The van der Waals surface area contributed by atoms with E-state index in [2.05, 4.69) is 12.1 Å². The van der Waals surface area contributed by atoms with Gasteiger partial charge in [-0.15, -0.1) is 0 Å². The summed E-state index contributed by atoms with van der Waals surface area (Å²) in [6.07, 6.45) is 0. The second-order valence-corrected chi connectivity index (χ2v) is 6.04. The maximum absolute atomic E-state index is 6.62. The third-order valence-corrected chi connectivity index (χ3v) is 4.93. The van der Waals surface area contributed by atoms with Crippen molar-refractivity contribution in [1.82, 2.24) is 0 Å².